The highest BCUT2D eigenvalue weighted by Crippen LogP contribution is 2.03. The Morgan fingerprint density at radius 1 is 1.27 bits per heavy atom. The fourth-order valence-corrected chi connectivity index (χ4v) is 1.67. The molecule has 0 amide bonds. The lowest BCUT2D eigenvalue weighted by Crippen LogP contribution is -2.13. The molecule has 15 heavy (non-hydrogen) atoms. The van der Waals surface area contributed by atoms with Gasteiger partial charge in [-0.25, -0.2) is 0 Å². The molecule has 0 unspecified atom stereocenters. The van der Waals surface area contributed by atoms with Gasteiger partial charge >= 0.3 is 0 Å². The lowest BCUT2D eigenvalue weighted by atomic mass is 10.2. The quantitative estimate of drug-likeness (QED) is 0.666. The van der Waals surface area contributed by atoms with E-state index in [9.17, 15) is 0 Å². The van der Waals surface area contributed by atoms with Gasteiger partial charge < -0.3 is 5.32 Å². The predicted octanol–water partition coefficient (Wildman–Crippen LogP) is 2.36. The van der Waals surface area contributed by atoms with Gasteiger partial charge in [0.15, 0.2) is 0 Å². The number of rotatable bonds is 8. The van der Waals surface area contributed by atoms with E-state index >= 15 is 0 Å². The van der Waals surface area contributed by atoms with Crippen LogP contribution in [0.2, 0.25) is 0 Å². The average molecular weight is 209 g/mol. The Balaban J connectivity index is 1.96. The second-order valence-electron chi connectivity index (χ2n) is 3.96. The number of aryl methyl sites for hydroxylation is 2. The monoisotopic (exact) mass is 209 g/mol. The maximum Gasteiger partial charge on any atom is 0.0492 e. The molecule has 0 aliphatic heterocycles. The minimum absolute atomic E-state index is 1.07. The number of hydrogen-bond donors (Lipinski definition) is 1. The summed E-state index contributed by atoms with van der Waals surface area (Å²) < 4.78 is 2.09. The Labute approximate surface area is 92.9 Å². The van der Waals surface area contributed by atoms with Gasteiger partial charge in [-0.15, -0.1) is 0 Å². The van der Waals surface area contributed by atoms with E-state index in [4.69, 9.17) is 0 Å². The number of hydrogen-bond acceptors (Lipinski definition) is 2. The van der Waals surface area contributed by atoms with Crippen LogP contribution < -0.4 is 5.32 Å². The van der Waals surface area contributed by atoms with Crippen molar-refractivity contribution >= 4 is 0 Å². The molecule has 0 bridgehead atoms. The predicted molar refractivity (Wildman–Crippen MR) is 64.0 cm³/mol. The molecule has 1 heterocycles. The molecular formula is C12H23N3. The van der Waals surface area contributed by atoms with Gasteiger partial charge in [-0.3, -0.25) is 4.68 Å². The Morgan fingerprint density at radius 3 is 2.73 bits per heavy atom. The molecule has 0 aliphatic rings. The summed E-state index contributed by atoms with van der Waals surface area (Å²) in [6.07, 6.45) is 7.05. The average Bonchev–Trinajstić information content (AvgIpc) is 2.63. The molecule has 1 N–H and O–H groups in total. The van der Waals surface area contributed by atoms with Crippen LogP contribution in [-0.4, -0.2) is 22.9 Å². The zero-order valence-corrected chi connectivity index (χ0v) is 10.00. The van der Waals surface area contributed by atoms with Gasteiger partial charge in [-0.2, -0.15) is 5.10 Å². The summed E-state index contributed by atoms with van der Waals surface area (Å²) in [7, 11) is 0. The summed E-state index contributed by atoms with van der Waals surface area (Å²) in [4.78, 5) is 0. The minimum atomic E-state index is 1.07. The van der Waals surface area contributed by atoms with Crippen LogP contribution in [0.5, 0.6) is 0 Å². The first-order valence-electron chi connectivity index (χ1n) is 6.03. The van der Waals surface area contributed by atoms with Crippen molar-refractivity contribution in [2.24, 2.45) is 0 Å². The second-order valence-corrected chi connectivity index (χ2v) is 3.96. The number of nitrogens with zero attached hydrogens (tertiary/aromatic N) is 2. The van der Waals surface area contributed by atoms with Gasteiger partial charge in [-0.05, 0) is 38.9 Å². The molecule has 0 saturated heterocycles. The standard InChI is InChI=1S/C12H23N3/c1-3-13-9-6-4-5-7-11-15-12(2)8-10-14-15/h8,10,13H,3-7,9,11H2,1-2H3. The summed E-state index contributed by atoms with van der Waals surface area (Å²) in [6, 6.07) is 2.06. The van der Waals surface area contributed by atoms with Gasteiger partial charge in [0.05, 0.1) is 0 Å². The smallest absolute Gasteiger partial charge is 0.0492 e. The van der Waals surface area contributed by atoms with E-state index in [1.807, 2.05) is 6.20 Å². The SMILES string of the molecule is CCNCCCCCCn1nccc1C. The summed E-state index contributed by atoms with van der Waals surface area (Å²) in [5.74, 6) is 0. The zero-order chi connectivity index (χ0) is 10.9. The molecule has 0 aliphatic carbocycles. The first-order chi connectivity index (χ1) is 7.34. The van der Waals surface area contributed by atoms with E-state index in [0.717, 1.165) is 19.6 Å². The molecule has 0 fully saturated rings. The third kappa shape index (κ3) is 4.98. The van der Waals surface area contributed by atoms with Gasteiger partial charge in [0.1, 0.15) is 0 Å². The first-order valence-corrected chi connectivity index (χ1v) is 6.03. The number of unbranched alkanes of at least 4 members (excludes halogenated alkanes) is 3. The first kappa shape index (κ1) is 12.2. The van der Waals surface area contributed by atoms with Crippen molar-refractivity contribution < 1.29 is 0 Å². The Morgan fingerprint density at radius 2 is 2.07 bits per heavy atom. The lowest BCUT2D eigenvalue weighted by molar-refractivity contribution is 0.519. The minimum Gasteiger partial charge on any atom is -0.317 e. The molecule has 86 valence electrons. The van der Waals surface area contributed by atoms with Gasteiger partial charge in [-0.1, -0.05) is 19.8 Å². The summed E-state index contributed by atoms with van der Waals surface area (Å²) in [5.41, 5.74) is 1.27. The molecule has 0 atom stereocenters. The Kier molecular flexibility index (Phi) is 6.09. The normalized spacial score (nSPS) is 10.8. The van der Waals surface area contributed by atoms with Crippen molar-refractivity contribution in [2.75, 3.05) is 13.1 Å². The highest BCUT2D eigenvalue weighted by Gasteiger charge is 1.96. The molecule has 1 aromatic heterocycles. The van der Waals surface area contributed by atoms with E-state index in [-0.39, 0.29) is 0 Å². The van der Waals surface area contributed by atoms with E-state index < -0.39 is 0 Å². The topological polar surface area (TPSA) is 29.9 Å². The van der Waals surface area contributed by atoms with Crippen LogP contribution in [-0.2, 0) is 6.54 Å². The van der Waals surface area contributed by atoms with Crippen LogP contribution >= 0.6 is 0 Å². The maximum absolute atomic E-state index is 4.27. The Hall–Kier alpha value is -0.830. The number of nitrogens with one attached hydrogen (secondary N) is 1. The van der Waals surface area contributed by atoms with Crippen molar-refractivity contribution in [1.82, 2.24) is 15.1 Å². The zero-order valence-electron chi connectivity index (χ0n) is 10.00. The molecule has 3 nitrogen and oxygen atoms in total. The molecule has 3 heteroatoms. The lowest BCUT2D eigenvalue weighted by Gasteiger charge is -2.04. The highest BCUT2D eigenvalue weighted by molar-refractivity contribution is 4.96. The Bertz CT molecular complexity index is 255. The molecule has 0 saturated carbocycles. The van der Waals surface area contributed by atoms with Crippen LogP contribution in [0.1, 0.15) is 38.3 Å². The van der Waals surface area contributed by atoms with Crippen LogP contribution in [0.3, 0.4) is 0 Å². The molecule has 1 rings (SSSR count). The fourth-order valence-electron chi connectivity index (χ4n) is 1.67. The maximum atomic E-state index is 4.27. The van der Waals surface area contributed by atoms with Crippen molar-refractivity contribution in [3.8, 4) is 0 Å². The van der Waals surface area contributed by atoms with Gasteiger partial charge in [0, 0.05) is 18.4 Å². The molecule has 1 aromatic rings. The highest BCUT2D eigenvalue weighted by atomic mass is 15.3. The van der Waals surface area contributed by atoms with Crippen LogP contribution in [0.15, 0.2) is 12.3 Å². The van der Waals surface area contributed by atoms with Crippen molar-refractivity contribution in [2.45, 2.75) is 46.1 Å². The summed E-state index contributed by atoms with van der Waals surface area (Å²) in [5, 5.41) is 7.61. The van der Waals surface area contributed by atoms with E-state index in [2.05, 4.69) is 35.0 Å². The van der Waals surface area contributed by atoms with Crippen molar-refractivity contribution in [1.29, 1.82) is 0 Å². The van der Waals surface area contributed by atoms with Crippen LogP contribution in [0, 0.1) is 6.92 Å². The number of aromatic nitrogens is 2. The molecule has 0 aromatic carbocycles. The van der Waals surface area contributed by atoms with Crippen LogP contribution in [0.25, 0.3) is 0 Å². The van der Waals surface area contributed by atoms with Gasteiger partial charge in [0.25, 0.3) is 0 Å². The largest absolute Gasteiger partial charge is 0.317 e. The third-order valence-electron chi connectivity index (χ3n) is 2.65. The molecular weight excluding hydrogens is 186 g/mol. The summed E-state index contributed by atoms with van der Waals surface area (Å²) >= 11 is 0. The van der Waals surface area contributed by atoms with Crippen molar-refractivity contribution in [3.05, 3.63) is 18.0 Å². The molecule has 0 spiro atoms. The molecule has 0 radical (unpaired) electrons. The van der Waals surface area contributed by atoms with E-state index in [0.29, 0.717) is 0 Å². The summed E-state index contributed by atoms with van der Waals surface area (Å²) in [6.45, 7) is 7.59. The van der Waals surface area contributed by atoms with Crippen molar-refractivity contribution in [3.63, 3.8) is 0 Å². The van der Waals surface area contributed by atoms with Gasteiger partial charge in [0.2, 0.25) is 0 Å². The third-order valence-corrected chi connectivity index (χ3v) is 2.65. The van der Waals surface area contributed by atoms with Crippen LogP contribution in [0.4, 0.5) is 0 Å². The van der Waals surface area contributed by atoms with E-state index in [1.54, 1.807) is 0 Å². The second kappa shape index (κ2) is 7.46. The van der Waals surface area contributed by atoms with E-state index in [1.165, 1.54) is 31.4 Å². The fraction of sp³-hybridized carbons (Fsp3) is 0.750.